The molecule has 192 valence electrons. The van der Waals surface area contributed by atoms with E-state index in [1.165, 1.54) is 4.80 Å². The van der Waals surface area contributed by atoms with Crippen molar-refractivity contribution in [2.45, 2.75) is 46.0 Å². The highest BCUT2D eigenvalue weighted by Gasteiger charge is 2.23. The number of aromatic hydroxyl groups is 1. The quantitative estimate of drug-likeness (QED) is 0.241. The minimum atomic E-state index is -0.464. The summed E-state index contributed by atoms with van der Waals surface area (Å²) in [7, 11) is 0. The molecule has 0 saturated heterocycles. The molecular formula is C27H33N3O6. The SMILES string of the molecule is C=C(C)C(=O)OCCOCCOC(=O)CCc1cc(-n2nc3ccccc3n2)c(O)c(C(C)(C)C)c1. The fourth-order valence-electron chi connectivity index (χ4n) is 3.46. The van der Waals surface area contributed by atoms with Gasteiger partial charge in [-0.3, -0.25) is 4.79 Å². The lowest BCUT2D eigenvalue weighted by Gasteiger charge is -2.23. The zero-order chi connectivity index (χ0) is 26.3. The number of nitrogens with zero attached hydrogens (tertiary/aromatic N) is 3. The standard InChI is InChI=1S/C27H33N3O6/c1-18(2)26(33)36-15-13-34-12-14-35-24(31)11-10-19-16-20(27(3,4)5)25(32)23(17-19)30-28-21-8-6-7-9-22(21)29-30/h6-9,16-17,32H,1,10-15H2,2-5H3. The summed E-state index contributed by atoms with van der Waals surface area (Å²) >= 11 is 0. The van der Waals surface area contributed by atoms with E-state index in [2.05, 4.69) is 16.8 Å². The third kappa shape index (κ3) is 7.14. The first-order chi connectivity index (χ1) is 17.1. The summed E-state index contributed by atoms with van der Waals surface area (Å²) < 4.78 is 15.5. The number of phenolic OH excluding ortho intramolecular Hbond substituents is 1. The Morgan fingerprint density at radius 3 is 2.19 bits per heavy atom. The second-order valence-electron chi connectivity index (χ2n) is 9.49. The average molecular weight is 496 g/mol. The van der Waals surface area contributed by atoms with Gasteiger partial charge in [0.2, 0.25) is 0 Å². The number of fused-ring (bicyclic) bond motifs is 1. The van der Waals surface area contributed by atoms with E-state index >= 15 is 0 Å². The lowest BCUT2D eigenvalue weighted by Crippen LogP contribution is -2.16. The molecule has 0 aliphatic heterocycles. The molecular weight excluding hydrogens is 462 g/mol. The smallest absolute Gasteiger partial charge is 0.333 e. The third-order valence-corrected chi connectivity index (χ3v) is 5.38. The molecule has 36 heavy (non-hydrogen) atoms. The van der Waals surface area contributed by atoms with Crippen LogP contribution in [0.2, 0.25) is 0 Å². The number of hydrogen-bond donors (Lipinski definition) is 1. The molecule has 3 aromatic rings. The van der Waals surface area contributed by atoms with Crippen molar-refractivity contribution in [2.75, 3.05) is 26.4 Å². The molecule has 0 fully saturated rings. The van der Waals surface area contributed by atoms with Crippen molar-refractivity contribution in [3.05, 3.63) is 59.7 Å². The number of benzene rings is 2. The Kier molecular flexibility index (Phi) is 8.82. The molecule has 0 atom stereocenters. The topological polar surface area (TPSA) is 113 Å². The normalized spacial score (nSPS) is 11.4. The van der Waals surface area contributed by atoms with E-state index in [4.69, 9.17) is 14.2 Å². The zero-order valence-corrected chi connectivity index (χ0v) is 21.2. The number of esters is 2. The molecule has 0 bridgehead atoms. The molecule has 2 aromatic carbocycles. The van der Waals surface area contributed by atoms with Crippen molar-refractivity contribution in [1.29, 1.82) is 0 Å². The van der Waals surface area contributed by atoms with E-state index in [-0.39, 0.29) is 50.0 Å². The fraction of sp³-hybridized carbons (Fsp3) is 0.407. The van der Waals surface area contributed by atoms with Crippen LogP contribution in [0.25, 0.3) is 16.7 Å². The Labute approximate surface area is 210 Å². The van der Waals surface area contributed by atoms with Crippen LogP contribution >= 0.6 is 0 Å². The van der Waals surface area contributed by atoms with E-state index < -0.39 is 5.97 Å². The fourth-order valence-corrected chi connectivity index (χ4v) is 3.46. The number of ether oxygens (including phenoxy) is 3. The van der Waals surface area contributed by atoms with Crippen LogP contribution in [0.5, 0.6) is 5.75 Å². The van der Waals surface area contributed by atoms with E-state index in [0.717, 1.165) is 22.2 Å². The largest absolute Gasteiger partial charge is 0.505 e. The van der Waals surface area contributed by atoms with Crippen LogP contribution in [0.3, 0.4) is 0 Å². The lowest BCUT2D eigenvalue weighted by molar-refractivity contribution is -0.145. The molecule has 0 spiro atoms. The molecule has 1 heterocycles. The van der Waals surface area contributed by atoms with Crippen LogP contribution in [-0.4, -0.2) is 58.5 Å². The number of phenols is 1. The van der Waals surface area contributed by atoms with E-state index in [1.54, 1.807) is 13.0 Å². The highest BCUT2D eigenvalue weighted by atomic mass is 16.6. The minimum absolute atomic E-state index is 0.102. The van der Waals surface area contributed by atoms with Gasteiger partial charge in [0.25, 0.3) is 0 Å². The molecule has 0 aliphatic rings. The Hall–Kier alpha value is -3.72. The number of hydrogen-bond acceptors (Lipinski definition) is 8. The molecule has 1 aromatic heterocycles. The van der Waals surface area contributed by atoms with Gasteiger partial charge >= 0.3 is 11.9 Å². The maximum atomic E-state index is 12.3. The highest BCUT2D eigenvalue weighted by Crippen LogP contribution is 2.36. The van der Waals surface area contributed by atoms with Crippen LogP contribution in [0.15, 0.2) is 48.6 Å². The van der Waals surface area contributed by atoms with Crippen molar-refractivity contribution in [3.63, 3.8) is 0 Å². The van der Waals surface area contributed by atoms with Gasteiger partial charge in [-0.25, -0.2) is 4.79 Å². The van der Waals surface area contributed by atoms with Gasteiger partial charge in [0.05, 0.1) is 13.2 Å². The van der Waals surface area contributed by atoms with Gasteiger partial charge in [-0.1, -0.05) is 45.5 Å². The van der Waals surface area contributed by atoms with Crippen molar-refractivity contribution < 1.29 is 28.9 Å². The maximum Gasteiger partial charge on any atom is 0.333 e. The lowest BCUT2D eigenvalue weighted by atomic mass is 9.84. The van der Waals surface area contributed by atoms with Crippen molar-refractivity contribution in [3.8, 4) is 11.4 Å². The number of aryl methyl sites for hydroxylation is 1. The Morgan fingerprint density at radius 1 is 1.00 bits per heavy atom. The number of aromatic nitrogens is 3. The molecule has 0 radical (unpaired) electrons. The predicted octanol–water partition coefficient (Wildman–Crippen LogP) is 4.04. The van der Waals surface area contributed by atoms with Gasteiger partial charge in [-0.2, -0.15) is 0 Å². The molecule has 0 amide bonds. The molecule has 1 N–H and O–H groups in total. The number of carbonyl (C=O) groups is 2. The van der Waals surface area contributed by atoms with Gasteiger partial charge in [0.1, 0.15) is 35.7 Å². The van der Waals surface area contributed by atoms with Crippen molar-refractivity contribution >= 4 is 23.0 Å². The number of carbonyl (C=O) groups excluding carboxylic acids is 2. The van der Waals surface area contributed by atoms with Gasteiger partial charge < -0.3 is 19.3 Å². The van der Waals surface area contributed by atoms with Crippen LogP contribution < -0.4 is 0 Å². The summed E-state index contributed by atoms with van der Waals surface area (Å²) in [6.45, 7) is 11.7. The van der Waals surface area contributed by atoms with Crippen LogP contribution in [-0.2, 0) is 35.6 Å². The summed E-state index contributed by atoms with van der Waals surface area (Å²) in [5, 5.41) is 20.0. The van der Waals surface area contributed by atoms with Crippen LogP contribution in [0.1, 0.15) is 45.2 Å². The second kappa shape index (κ2) is 11.8. The first-order valence-corrected chi connectivity index (χ1v) is 11.8. The molecule has 0 unspecified atom stereocenters. The van der Waals surface area contributed by atoms with Crippen LogP contribution in [0.4, 0.5) is 0 Å². The first kappa shape index (κ1) is 26.9. The van der Waals surface area contributed by atoms with E-state index in [9.17, 15) is 14.7 Å². The molecule has 0 saturated carbocycles. The molecule has 9 nitrogen and oxygen atoms in total. The Balaban J connectivity index is 1.59. The molecule has 3 rings (SSSR count). The van der Waals surface area contributed by atoms with Crippen LogP contribution in [0, 0.1) is 0 Å². The second-order valence-corrected chi connectivity index (χ2v) is 9.49. The predicted molar refractivity (Wildman–Crippen MR) is 135 cm³/mol. The van der Waals surface area contributed by atoms with Crippen molar-refractivity contribution in [2.24, 2.45) is 0 Å². The summed E-state index contributed by atoms with van der Waals surface area (Å²) in [4.78, 5) is 25.0. The summed E-state index contributed by atoms with van der Waals surface area (Å²) in [6.07, 6.45) is 0.590. The Bertz CT molecular complexity index is 1210. The monoisotopic (exact) mass is 495 g/mol. The van der Waals surface area contributed by atoms with E-state index in [1.807, 2.05) is 51.1 Å². The summed E-state index contributed by atoms with van der Waals surface area (Å²) in [5.41, 5.74) is 3.50. The minimum Gasteiger partial charge on any atom is -0.505 e. The van der Waals surface area contributed by atoms with Crippen molar-refractivity contribution in [1.82, 2.24) is 15.0 Å². The van der Waals surface area contributed by atoms with E-state index in [0.29, 0.717) is 17.7 Å². The Morgan fingerprint density at radius 2 is 1.61 bits per heavy atom. The van der Waals surface area contributed by atoms with Gasteiger partial charge in [0, 0.05) is 17.6 Å². The summed E-state index contributed by atoms with van der Waals surface area (Å²) in [5.74, 6) is -0.712. The van der Waals surface area contributed by atoms with Gasteiger partial charge in [-0.05, 0) is 42.5 Å². The first-order valence-electron chi connectivity index (χ1n) is 11.8. The van der Waals surface area contributed by atoms with Gasteiger partial charge in [0.15, 0.2) is 0 Å². The summed E-state index contributed by atoms with van der Waals surface area (Å²) in [6, 6.07) is 11.2. The maximum absolute atomic E-state index is 12.3. The zero-order valence-electron chi connectivity index (χ0n) is 21.2. The number of rotatable bonds is 11. The third-order valence-electron chi connectivity index (χ3n) is 5.38. The van der Waals surface area contributed by atoms with Gasteiger partial charge in [-0.15, -0.1) is 15.0 Å². The highest BCUT2D eigenvalue weighted by molar-refractivity contribution is 5.86. The molecule has 9 heteroatoms. The molecule has 0 aliphatic carbocycles. The average Bonchev–Trinajstić information content (AvgIpc) is 3.25.